The van der Waals surface area contributed by atoms with Crippen molar-refractivity contribution in [3.8, 4) is 0 Å². The lowest BCUT2D eigenvalue weighted by Crippen LogP contribution is -2.32. The van der Waals surface area contributed by atoms with E-state index in [1.807, 2.05) is 0 Å². The molecule has 0 bridgehead atoms. The molecule has 0 aliphatic heterocycles. The van der Waals surface area contributed by atoms with E-state index in [4.69, 9.17) is 5.11 Å². The summed E-state index contributed by atoms with van der Waals surface area (Å²) in [7, 11) is 0. The zero-order valence-corrected chi connectivity index (χ0v) is 11.0. The Morgan fingerprint density at radius 3 is 2.37 bits per heavy atom. The number of carboxylic acid groups (broad SMARTS) is 1. The molecular weight excluding hydrogens is 259 g/mol. The Hall–Kier alpha value is -0.780. The zero-order valence-electron chi connectivity index (χ0n) is 11.0. The van der Waals surface area contributed by atoms with Crippen molar-refractivity contribution in [3.05, 3.63) is 0 Å². The summed E-state index contributed by atoms with van der Waals surface area (Å²) in [6.45, 7) is 0.675. The number of carbonyl (C=O) groups is 1. The van der Waals surface area contributed by atoms with E-state index in [2.05, 4.69) is 5.32 Å². The van der Waals surface area contributed by atoms with E-state index >= 15 is 0 Å². The highest BCUT2D eigenvalue weighted by Gasteiger charge is 2.44. The lowest BCUT2D eigenvalue weighted by molar-refractivity contribution is -0.194. The fourth-order valence-electron chi connectivity index (χ4n) is 2.51. The van der Waals surface area contributed by atoms with Crippen LogP contribution in [0, 0.1) is 5.92 Å². The molecule has 0 aromatic carbocycles. The minimum atomic E-state index is -4.64. The van der Waals surface area contributed by atoms with Crippen molar-refractivity contribution in [2.75, 3.05) is 6.54 Å². The lowest BCUT2D eigenvalue weighted by Gasteiger charge is -2.23. The molecule has 0 aromatic heterocycles. The maximum atomic E-state index is 12.4. The van der Waals surface area contributed by atoms with Gasteiger partial charge in [-0.2, -0.15) is 13.2 Å². The van der Waals surface area contributed by atoms with Gasteiger partial charge in [-0.05, 0) is 32.2 Å². The van der Waals surface area contributed by atoms with Crippen molar-refractivity contribution >= 4 is 5.97 Å². The number of rotatable bonds is 7. The van der Waals surface area contributed by atoms with Crippen molar-refractivity contribution in [2.24, 2.45) is 5.92 Å². The van der Waals surface area contributed by atoms with Crippen LogP contribution in [0.4, 0.5) is 13.2 Å². The average molecular weight is 281 g/mol. The topological polar surface area (TPSA) is 49.3 Å². The Labute approximate surface area is 111 Å². The van der Waals surface area contributed by atoms with Gasteiger partial charge in [0.15, 0.2) is 5.92 Å². The Balaban J connectivity index is 2.13. The smallest absolute Gasteiger partial charge is 0.402 e. The van der Waals surface area contributed by atoms with Crippen LogP contribution in [0.25, 0.3) is 0 Å². The Morgan fingerprint density at radius 1 is 1.21 bits per heavy atom. The first-order valence-electron chi connectivity index (χ1n) is 6.94. The van der Waals surface area contributed by atoms with Crippen LogP contribution in [0.15, 0.2) is 0 Å². The van der Waals surface area contributed by atoms with Gasteiger partial charge >= 0.3 is 12.1 Å². The Kier molecular flexibility index (Phi) is 6.62. The second-order valence-electron chi connectivity index (χ2n) is 5.22. The van der Waals surface area contributed by atoms with E-state index in [-0.39, 0.29) is 12.8 Å². The fourth-order valence-corrected chi connectivity index (χ4v) is 2.51. The molecule has 1 atom stereocenters. The zero-order chi connectivity index (χ0) is 14.3. The molecule has 0 saturated heterocycles. The van der Waals surface area contributed by atoms with Crippen LogP contribution in [0.1, 0.15) is 51.4 Å². The lowest BCUT2D eigenvalue weighted by atomic mass is 9.95. The fraction of sp³-hybridized carbons (Fsp3) is 0.923. The number of halogens is 3. The molecular formula is C13H22F3NO2. The molecule has 0 amide bonds. The molecule has 1 aliphatic rings. The molecule has 19 heavy (non-hydrogen) atoms. The summed E-state index contributed by atoms with van der Waals surface area (Å²) in [5.74, 6) is -3.99. The first-order valence-corrected chi connectivity index (χ1v) is 6.94. The van der Waals surface area contributed by atoms with Gasteiger partial charge in [0.25, 0.3) is 0 Å². The number of hydrogen-bond acceptors (Lipinski definition) is 2. The Bertz CT molecular complexity index is 276. The number of hydrogen-bond donors (Lipinski definition) is 2. The van der Waals surface area contributed by atoms with Gasteiger partial charge in [0.05, 0.1) is 0 Å². The number of aliphatic carboxylic acids is 1. The number of carboxylic acids is 1. The first kappa shape index (κ1) is 16.3. The number of alkyl halides is 3. The predicted molar refractivity (Wildman–Crippen MR) is 65.9 cm³/mol. The minimum Gasteiger partial charge on any atom is -0.481 e. The molecule has 0 radical (unpaired) electrons. The van der Waals surface area contributed by atoms with Crippen molar-refractivity contribution in [2.45, 2.75) is 63.6 Å². The van der Waals surface area contributed by atoms with Gasteiger partial charge in [0, 0.05) is 6.04 Å². The molecule has 1 saturated carbocycles. The van der Waals surface area contributed by atoms with Gasteiger partial charge < -0.3 is 10.4 Å². The Morgan fingerprint density at radius 2 is 1.84 bits per heavy atom. The molecule has 1 unspecified atom stereocenters. The molecule has 1 rings (SSSR count). The largest absolute Gasteiger partial charge is 0.481 e. The SMILES string of the molecule is O=C(O)C(CCCCNC1CCCCC1)C(F)(F)F. The quantitative estimate of drug-likeness (QED) is 0.704. The molecule has 2 N–H and O–H groups in total. The summed E-state index contributed by atoms with van der Waals surface area (Å²) in [5.41, 5.74) is 0. The maximum absolute atomic E-state index is 12.4. The van der Waals surface area contributed by atoms with Gasteiger partial charge in [0.1, 0.15) is 0 Å². The molecule has 0 heterocycles. The predicted octanol–water partition coefficient (Wildman–Crippen LogP) is 3.34. The average Bonchev–Trinajstić information content (AvgIpc) is 2.32. The van der Waals surface area contributed by atoms with Gasteiger partial charge in [0.2, 0.25) is 0 Å². The van der Waals surface area contributed by atoms with Crippen molar-refractivity contribution in [1.82, 2.24) is 5.32 Å². The number of nitrogens with one attached hydrogen (secondary N) is 1. The summed E-state index contributed by atoms with van der Waals surface area (Å²) in [4.78, 5) is 10.5. The maximum Gasteiger partial charge on any atom is 0.402 e. The summed E-state index contributed by atoms with van der Waals surface area (Å²) in [5, 5.41) is 11.9. The van der Waals surface area contributed by atoms with Crippen LogP contribution in [0.5, 0.6) is 0 Å². The van der Waals surface area contributed by atoms with E-state index in [0.29, 0.717) is 19.0 Å². The van der Waals surface area contributed by atoms with E-state index in [1.165, 1.54) is 19.3 Å². The van der Waals surface area contributed by atoms with Crippen molar-refractivity contribution < 1.29 is 23.1 Å². The second kappa shape index (κ2) is 7.72. The third-order valence-corrected chi connectivity index (χ3v) is 3.65. The van der Waals surface area contributed by atoms with Crippen LogP contribution in [0.3, 0.4) is 0 Å². The summed E-state index contributed by atoms with van der Waals surface area (Å²) in [6, 6.07) is 0.492. The standard InChI is InChI=1S/C13H22F3NO2/c14-13(15,16)11(12(18)19)8-4-5-9-17-10-6-2-1-3-7-10/h10-11,17H,1-9H2,(H,18,19). The van der Waals surface area contributed by atoms with Crippen LogP contribution >= 0.6 is 0 Å². The molecule has 112 valence electrons. The van der Waals surface area contributed by atoms with E-state index < -0.39 is 18.1 Å². The molecule has 1 fully saturated rings. The van der Waals surface area contributed by atoms with Crippen LogP contribution in [-0.2, 0) is 4.79 Å². The third-order valence-electron chi connectivity index (χ3n) is 3.65. The minimum absolute atomic E-state index is 0.288. The van der Waals surface area contributed by atoms with Crippen LogP contribution in [-0.4, -0.2) is 29.8 Å². The monoisotopic (exact) mass is 281 g/mol. The molecule has 0 aromatic rings. The summed E-state index contributed by atoms with van der Waals surface area (Å²) in [6.07, 6.45) is 1.89. The van der Waals surface area contributed by atoms with Gasteiger partial charge in [-0.3, -0.25) is 4.79 Å². The molecule has 6 heteroatoms. The highest BCUT2D eigenvalue weighted by atomic mass is 19.4. The van der Waals surface area contributed by atoms with Crippen LogP contribution < -0.4 is 5.32 Å². The normalized spacial score (nSPS) is 19.3. The van der Waals surface area contributed by atoms with E-state index in [1.54, 1.807) is 0 Å². The van der Waals surface area contributed by atoms with E-state index in [9.17, 15) is 18.0 Å². The van der Waals surface area contributed by atoms with Gasteiger partial charge in [-0.1, -0.05) is 25.7 Å². The van der Waals surface area contributed by atoms with Crippen LogP contribution in [0.2, 0.25) is 0 Å². The third kappa shape index (κ3) is 6.27. The molecule has 3 nitrogen and oxygen atoms in total. The number of unbranched alkanes of at least 4 members (excludes halogenated alkanes) is 1. The van der Waals surface area contributed by atoms with Gasteiger partial charge in [-0.15, -0.1) is 0 Å². The molecule has 1 aliphatic carbocycles. The van der Waals surface area contributed by atoms with Gasteiger partial charge in [-0.25, -0.2) is 0 Å². The first-order chi connectivity index (χ1) is 8.91. The second-order valence-corrected chi connectivity index (χ2v) is 5.22. The van der Waals surface area contributed by atoms with Crippen molar-refractivity contribution in [1.29, 1.82) is 0 Å². The van der Waals surface area contributed by atoms with Crippen molar-refractivity contribution in [3.63, 3.8) is 0 Å². The molecule has 0 spiro atoms. The summed E-state index contributed by atoms with van der Waals surface area (Å²) < 4.78 is 37.1. The highest BCUT2D eigenvalue weighted by Crippen LogP contribution is 2.30. The highest BCUT2D eigenvalue weighted by molar-refractivity contribution is 5.70. The summed E-state index contributed by atoms with van der Waals surface area (Å²) >= 11 is 0. The van der Waals surface area contributed by atoms with E-state index in [0.717, 1.165) is 12.8 Å².